The lowest BCUT2D eigenvalue weighted by molar-refractivity contribution is 0.0994. The minimum atomic E-state index is 0.261. The van der Waals surface area contributed by atoms with Crippen LogP contribution in [0.2, 0.25) is 0 Å². The van der Waals surface area contributed by atoms with Crippen LogP contribution in [0.1, 0.15) is 31.5 Å². The zero-order valence-corrected chi connectivity index (χ0v) is 8.60. The fourth-order valence-electron chi connectivity index (χ4n) is 1.92. The van der Waals surface area contributed by atoms with E-state index in [9.17, 15) is 0 Å². The molecule has 2 N–H and O–H groups in total. The van der Waals surface area contributed by atoms with Crippen molar-refractivity contribution in [3.63, 3.8) is 0 Å². The lowest BCUT2D eigenvalue weighted by atomic mass is 9.99. The van der Waals surface area contributed by atoms with Crippen LogP contribution < -0.4 is 5.73 Å². The Morgan fingerprint density at radius 3 is 3.00 bits per heavy atom. The van der Waals surface area contributed by atoms with Crippen LogP contribution in [0.4, 0.5) is 5.95 Å². The summed E-state index contributed by atoms with van der Waals surface area (Å²) in [5.74, 6) is 1.62. The molecule has 1 aromatic rings. The molecule has 2 unspecified atom stereocenters. The number of aryl methyl sites for hydroxylation is 1. The molecule has 1 fully saturated rings. The highest BCUT2D eigenvalue weighted by molar-refractivity contribution is 5.18. The van der Waals surface area contributed by atoms with E-state index in [2.05, 4.69) is 17.0 Å². The molecule has 2 atom stereocenters. The lowest BCUT2D eigenvalue weighted by Crippen LogP contribution is -2.14. The number of aromatic nitrogens is 3. The molecule has 78 valence electrons. The first-order valence-corrected chi connectivity index (χ1v) is 5.00. The van der Waals surface area contributed by atoms with Crippen molar-refractivity contribution < 1.29 is 4.74 Å². The third kappa shape index (κ3) is 1.48. The third-order valence-electron chi connectivity index (χ3n) is 2.76. The molecule has 1 aliphatic rings. The van der Waals surface area contributed by atoms with Gasteiger partial charge in [0.1, 0.15) is 0 Å². The van der Waals surface area contributed by atoms with Gasteiger partial charge < -0.3 is 10.5 Å². The number of hydrogen-bond acceptors (Lipinski definition) is 4. The average Bonchev–Trinajstić information content (AvgIpc) is 2.73. The van der Waals surface area contributed by atoms with Crippen molar-refractivity contribution in [3.05, 3.63) is 5.82 Å². The summed E-state index contributed by atoms with van der Waals surface area (Å²) in [6.45, 7) is 2.93. The van der Waals surface area contributed by atoms with Gasteiger partial charge in [-0.1, -0.05) is 6.92 Å². The second-order valence-corrected chi connectivity index (χ2v) is 3.66. The highest BCUT2D eigenvalue weighted by atomic mass is 16.5. The second-order valence-electron chi connectivity index (χ2n) is 3.66. The minimum absolute atomic E-state index is 0.261. The van der Waals surface area contributed by atoms with Crippen molar-refractivity contribution >= 4 is 5.95 Å². The van der Waals surface area contributed by atoms with Crippen LogP contribution >= 0.6 is 0 Å². The van der Waals surface area contributed by atoms with E-state index in [1.165, 1.54) is 0 Å². The van der Waals surface area contributed by atoms with Gasteiger partial charge in [-0.05, 0) is 12.8 Å². The first kappa shape index (κ1) is 9.45. The number of nitrogens with zero attached hydrogens (tertiary/aromatic N) is 3. The number of rotatable bonds is 2. The molecule has 0 aromatic carbocycles. The summed E-state index contributed by atoms with van der Waals surface area (Å²) in [4.78, 5) is 4.24. The van der Waals surface area contributed by atoms with Gasteiger partial charge in [0.15, 0.2) is 5.82 Å². The maximum atomic E-state index is 5.64. The molecular weight excluding hydrogens is 180 g/mol. The fraction of sp³-hybridized carbons (Fsp3) is 0.778. The summed E-state index contributed by atoms with van der Waals surface area (Å²) in [5, 5.41) is 4.29. The highest BCUT2D eigenvalue weighted by Gasteiger charge is 2.31. The number of nitrogens with two attached hydrogens (primary N) is 1. The number of anilines is 1. The molecular formula is C9H16N4O. The normalized spacial score (nSPS) is 27.0. The van der Waals surface area contributed by atoms with Gasteiger partial charge in [-0.2, -0.15) is 10.1 Å². The SMILES string of the molecule is CCC1OCCC1c1nc(N)n(C)n1. The zero-order chi connectivity index (χ0) is 10.1. The molecule has 5 nitrogen and oxygen atoms in total. The molecule has 0 bridgehead atoms. The van der Waals surface area contributed by atoms with Crippen molar-refractivity contribution in [1.82, 2.24) is 14.8 Å². The Hall–Kier alpha value is -1.10. The smallest absolute Gasteiger partial charge is 0.218 e. The zero-order valence-electron chi connectivity index (χ0n) is 8.60. The van der Waals surface area contributed by atoms with E-state index in [4.69, 9.17) is 10.5 Å². The monoisotopic (exact) mass is 196 g/mol. The van der Waals surface area contributed by atoms with Crippen molar-refractivity contribution in [1.29, 1.82) is 0 Å². The van der Waals surface area contributed by atoms with Gasteiger partial charge in [-0.25, -0.2) is 4.68 Å². The summed E-state index contributed by atoms with van der Waals surface area (Å²) in [5.41, 5.74) is 5.64. The van der Waals surface area contributed by atoms with Crippen LogP contribution in [0.25, 0.3) is 0 Å². The molecule has 0 saturated carbocycles. The van der Waals surface area contributed by atoms with Crippen LogP contribution in [0.15, 0.2) is 0 Å². The maximum absolute atomic E-state index is 5.64. The van der Waals surface area contributed by atoms with Crippen LogP contribution in [-0.4, -0.2) is 27.5 Å². The summed E-state index contributed by atoms with van der Waals surface area (Å²) >= 11 is 0. The van der Waals surface area contributed by atoms with E-state index in [1.807, 2.05) is 7.05 Å². The predicted octanol–water partition coefficient (Wildman–Crippen LogP) is 0.680. The van der Waals surface area contributed by atoms with Gasteiger partial charge in [-0.3, -0.25) is 0 Å². The molecule has 0 aliphatic carbocycles. The second kappa shape index (κ2) is 3.57. The first-order valence-electron chi connectivity index (χ1n) is 5.00. The van der Waals surface area contributed by atoms with Crippen LogP contribution in [-0.2, 0) is 11.8 Å². The summed E-state index contributed by atoms with van der Waals surface area (Å²) < 4.78 is 7.20. The topological polar surface area (TPSA) is 66.0 Å². The Balaban J connectivity index is 2.21. The van der Waals surface area contributed by atoms with Gasteiger partial charge in [0, 0.05) is 19.6 Å². The predicted molar refractivity (Wildman–Crippen MR) is 52.8 cm³/mol. The number of hydrogen-bond donors (Lipinski definition) is 1. The van der Waals surface area contributed by atoms with Crippen molar-refractivity contribution in [2.45, 2.75) is 31.8 Å². The molecule has 2 heterocycles. The summed E-state index contributed by atoms with van der Waals surface area (Å²) in [7, 11) is 1.81. The fourth-order valence-corrected chi connectivity index (χ4v) is 1.92. The first-order chi connectivity index (χ1) is 6.72. The van der Waals surface area contributed by atoms with Gasteiger partial charge in [0.2, 0.25) is 5.95 Å². The Morgan fingerprint density at radius 2 is 2.43 bits per heavy atom. The Labute approximate surface area is 83.3 Å². The molecule has 5 heteroatoms. The average molecular weight is 196 g/mol. The molecule has 2 rings (SSSR count). The Bertz CT molecular complexity index is 303. The molecule has 1 aliphatic heterocycles. The molecule has 0 spiro atoms. The largest absolute Gasteiger partial charge is 0.377 e. The van der Waals surface area contributed by atoms with Crippen molar-refractivity contribution in [2.24, 2.45) is 7.05 Å². The van der Waals surface area contributed by atoms with Crippen LogP contribution in [0.5, 0.6) is 0 Å². The Kier molecular flexibility index (Phi) is 2.41. The van der Waals surface area contributed by atoms with Gasteiger partial charge in [0.25, 0.3) is 0 Å². The molecule has 0 radical (unpaired) electrons. The van der Waals surface area contributed by atoms with Crippen LogP contribution in [0.3, 0.4) is 0 Å². The summed E-state index contributed by atoms with van der Waals surface area (Å²) in [6.07, 6.45) is 2.27. The van der Waals surface area contributed by atoms with E-state index in [0.29, 0.717) is 11.9 Å². The van der Waals surface area contributed by atoms with Crippen molar-refractivity contribution in [3.8, 4) is 0 Å². The Morgan fingerprint density at radius 1 is 1.64 bits per heavy atom. The van der Waals surface area contributed by atoms with Gasteiger partial charge in [0.05, 0.1) is 6.10 Å². The van der Waals surface area contributed by atoms with E-state index >= 15 is 0 Å². The standard InChI is InChI=1S/C9H16N4O/c1-3-7-6(4-5-14-7)8-11-9(10)13(2)12-8/h6-7H,3-5H2,1-2H3,(H2,10,11,12). The van der Waals surface area contributed by atoms with E-state index in [0.717, 1.165) is 25.3 Å². The van der Waals surface area contributed by atoms with Gasteiger partial charge in [-0.15, -0.1) is 0 Å². The van der Waals surface area contributed by atoms with E-state index < -0.39 is 0 Å². The van der Waals surface area contributed by atoms with Crippen LogP contribution in [0, 0.1) is 0 Å². The number of nitrogen functional groups attached to an aromatic ring is 1. The molecule has 1 aromatic heterocycles. The lowest BCUT2D eigenvalue weighted by Gasteiger charge is -2.12. The third-order valence-corrected chi connectivity index (χ3v) is 2.76. The summed E-state index contributed by atoms with van der Waals surface area (Å²) in [6, 6.07) is 0. The maximum Gasteiger partial charge on any atom is 0.218 e. The highest BCUT2D eigenvalue weighted by Crippen LogP contribution is 2.31. The minimum Gasteiger partial charge on any atom is -0.377 e. The van der Waals surface area contributed by atoms with Gasteiger partial charge >= 0.3 is 0 Å². The molecule has 14 heavy (non-hydrogen) atoms. The molecule has 1 saturated heterocycles. The van der Waals surface area contributed by atoms with Crippen molar-refractivity contribution in [2.75, 3.05) is 12.3 Å². The quantitative estimate of drug-likeness (QED) is 0.755. The number of ether oxygens (including phenoxy) is 1. The van der Waals surface area contributed by atoms with E-state index in [-0.39, 0.29) is 6.10 Å². The van der Waals surface area contributed by atoms with E-state index in [1.54, 1.807) is 4.68 Å². The molecule has 0 amide bonds.